The molecule has 0 N–H and O–H groups in total. The van der Waals surface area contributed by atoms with Gasteiger partial charge in [-0.05, 0) is 36.4 Å². The molecule has 0 radical (unpaired) electrons. The lowest BCUT2D eigenvalue weighted by molar-refractivity contribution is 0.102. The molecule has 6 heteroatoms. The van der Waals surface area contributed by atoms with Crippen molar-refractivity contribution in [2.24, 2.45) is 0 Å². The molecule has 2 rings (SSSR count). The summed E-state index contributed by atoms with van der Waals surface area (Å²) in [7, 11) is 0.0872. The van der Waals surface area contributed by atoms with Crippen molar-refractivity contribution in [3.63, 3.8) is 0 Å². The van der Waals surface area contributed by atoms with E-state index in [0.717, 1.165) is 0 Å². The van der Waals surface area contributed by atoms with Gasteiger partial charge in [-0.3, -0.25) is 9.00 Å². The van der Waals surface area contributed by atoms with Crippen molar-refractivity contribution in [1.82, 2.24) is 0 Å². The molecule has 21 heavy (non-hydrogen) atoms. The van der Waals surface area contributed by atoms with Gasteiger partial charge >= 0.3 is 0 Å². The van der Waals surface area contributed by atoms with Gasteiger partial charge in [0.25, 0.3) is 0 Å². The molecule has 2 aromatic carbocycles. The van der Waals surface area contributed by atoms with Crippen LogP contribution >= 0.6 is 23.2 Å². The number of benzene rings is 2. The molecule has 0 saturated carbocycles. The maximum absolute atomic E-state index is 12.2. The number of carbonyl (C=O) groups excluding carboxylic acids is 1. The minimum atomic E-state index is -1.44. The Bertz CT molecular complexity index is 701. The molecule has 0 spiro atoms. The summed E-state index contributed by atoms with van der Waals surface area (Å²) in [5, 5.41) is 0.678. The molecule has 0 heterocycles. The fraction of sp³-hybridized carbons (Fsp3) is 0.133. The number of hydrogen-bond acceptors (Lipinski definition) is 3. The third-order valence-electron chi connectivity index (χ3n) is 2.81. The largest absolute Gasteiger partial charge is 0.497 e. The van der Waals surface area contributed by atoms with E-state index in [1.165, 1.54) is 13.2 Å². The second-order valence-electron chi connectivity index (χ2n) is 4.22. The molecule has 0 aliphatic carbocycles. The summed E-state index contributed by atoms with van der Waals surface area (Å²) in [4.78, 5) is 12.7. The van der Waals surface area contributed by atoms with Crippen molar-refractivity contribution < 1.29 is 13.7 Å². The zero-order chi connectivity index (χ0) is 15.4. The normalized spacial score (nSPS) is 12.0. The van der Waals surface area contributed by atoms with Gasteiger partial charge in [0.15, 0.2) is 5.78 Å². The molecule has 0 saturated heterocycles. The van der Waals surface area contributed by atoms with Gasteiger partial charge < -0.3 is 4.74 Å². The van der Waals surface area contributed by atoms with E-state index in [1.807, 2.05) is 0 Å². The molecule has 0 aromatic heterocycles. The fourth-order valence-electron chi connectivity index (χ4n) is 1.70. The highest BCUT2D eigenvalue weighted by Gasteiger charge is 2.14. The monoisotopic (exact) mass is 342 g/mol. The van der Waals surface area contributed by atoms with Gasteiger partial charge in [0.2, 0.25) is 0 Å². The predicted octanol–water partition coefficient (Wildman–Crippen LogP) is 3.99. The Morgan fingerprint density at radius 2 is 1.90 bits per heavy atom. The zero-order valence-corrected chi connectivity index (χ0v) is 13.5. The summed E-state index contributed by atoms with van der Waals surface area (Å²) in [5.41, 5.74) is 0.389. The lowest BCUT2D eigenvalue weighted by Gasteiger charge is -2.05. The Labute approximate surface area is 135 Å². The topological polar surface area (TPSA) is 43.4 Å². The molecule has 1 atom stereocenters. The van der Waals surface area contributed by atoms with Crippen LogP contribution in [0.5, 0.6) is 5.75 Å². The molecule has 0 bridgehead atoms. The molecule has 3 nitrogen and oxygen atoms in total. The van der Waals surface area contributed by atoms with E-state index >= 15 is 0 Å². The Morgan fingerprint density at radius 3 is 2.57 bits per heavy atom. The molecule has 110 valence electrons. The van der Waals surface area contributed by atoms with E-state index in [-0.39, 0.29) is 11.5 Å². The number of halogens is 2. The van der Waals surface area contributed by atoms with Crippen LogP contribution in [0.2, 0.25) is 10.0 Å². The van der Waals surface area contributed by atoms with Crippen molar-refractivity contribution in [1.29, 1.82) is 0 Å². The van der Waals surface area contributed by atoms with Crippen molar-refractivity contribution in [2.75, 3.05) is 12.9 Å². The zero-order valence-electron chi connectivity index (χ0n) is 11.1. The minimum Gasteiger partial charge on any atom is -0.497 e. The summed E-state index contributed by atoms with van der Waals surface area (Å²) in [6.45, 7) is 0. The molecule has 1 unspecified atom stereocenters. The first-order valence-corrected chi connectivity index (χ1v) is 8.09. The number of Topliss-reactive ketones (excluding diaryl/α,β-unsaturated/α-hetero) is 1. The maximum atomic E-state index is 12.2. The van der Waals surface area contributed by atoms with Crippen LogP contribution in [0.15, 0.2) is 47.4 Å². The molecular formula is C15H12Cl2O3S. The molecule has 0 amide bonds. The van der Waals surface area contributed by atoms with Crippen LogP contribution in [-0.2, 0) is 10.8 Å². The summed E-state index contributed by atoms with van der Waals surface area (Å²) in [6.07, 6.45) is 0. The Balaban J connectivity index is 2.14. The lowest BCUT2D eigenvalue weighted by Crippen LogP contribution is -2.11. The minimum absolute atomic E-state index is 0.120. The lowest BCUT2D eigenvalue weighted by atomic mass is 10.1. The summed E-state index contributed by atoms with van der Waals surface area (Å²) >= 11 is 11.7. The highest BCUT2D eigenvalue weighted by atomic mass is 35.5. The van der Waals surface area contributed by atoms with E-state index in [4.69, 9.17) is 27.9 Å². The molecular weight excluding hydrogens is 331 g/mol. The molecule has 0 aliphatic heterocycles. The summed E-state index contributed by atoms with van der Waals surface area (Å²) in [6, 6.07) is 11.4. The van der Waals surface area contributed by atoms with Crippen LogP contribution in [0.1, 0.15) is 10.4 Å². The van der Waals surface area contributed by atoms with E-state index in [2.05, 4.69) is 0 Å². The van der Waals surface area contributed by atoms with Gasteiger partial charge in [-0.1, -0.05) is 29.3 Å². The SMILES string of the molecule is COc1cccc(S(=O)CC(=O)c2ccc(Cl)c(Cl)c2)c1. The van der Waals surface area contributed by atoms with Gasteiger partial charge in [0.05, 0.1) is 33.7 Å². The first-order valence-electron chi connectivity index (χ1n) is 6.02. The van der Waals surface area contributed by atoms with Crippen LogP contribution in [0, 0.1) is 0 Å². The standard InChI is InChI=1S/C15H12Cl2O3S/c1-20-11-3-2-4-12(8-11)21(19)9-15(18)10-5-6-13(16)14(17)7-10/h2-8H,9H2,1H3. The first-order chi connectivity index (χ1) is 10.0. The number of rotatable bonds is 5. The van der Waals surface area contributed by atoms with Crippen molar-refractivity contribution >= 4 is 39.8 Å². The first kappa shape index (κ1) is 16.0. The average Bonchev–Trinajstić information content (AvgIpc) is 2.49. The second-order valence-corrected chi connectivity index (χ2v) is 6.49. The predicted molar refractivity (Wildman–Crippen MR) is 85.1 cm³/mol. The maximum Gasteiger partial charge on any atom is 0.175 e. The van der Waals surface area contributed by atoms with Crippen LogP contribution in [0.25, 0.3) is 0 Å². The third kappa shape index (κ3) is 4.06. The summed E-state index contributed by atoms with van der Waals surface area (Å²) < 4.78 is 17.3. The van der Waals surface area contributed by atoms with E-state index in [0.29, 0.717) is 26.3 Å². The van der Waals surface area contributed by atoms with Gasteiger partial charge in [0, 0.05) is 10.5 Å². The smallest absolute Gasteiger partial charge is 0.175 e. The quantitative estimate of drug-likeness (QED) is 0.771. The van der Waals surface area contributed by atoms with Crippen LogP contribution in [0.4, 0.5) is 0 Å². The Hall–Kier alpha value is -1.36. The number of carbonyl (C=O) groups is 1. The van der Waals surface area contributed by atoms with Gasteiger partial charge in [-0.25, -0.2) is 0 Å². The highest BCUT2D eigenvalue weighted by molar-refractivity contribution is 7.85. The number of ketones is 1. The van der Waals surface area contributed by atoms with Crippen LogP contribution < -0.4 is 4.74 Å². The highest BCUT2D eigenvalue weighted by Crippen LogP contribution is 2.23. The third-order valence-corrected chi connectivity index (χ3v) is 4.85. The molecule has 0 aliphatic rings. The van der Waals surface area contributed by atoms with Crippen LogP contribution in [-0.4, -0.2) is 22.9 Å². The average molecular weight is 343 g/mol. The molecule has 0 fully saturated rings. The number of hydrogen-bond donors (Lipinski definition) is 0. The Morgan fingerprint density at radius 1 is 1.14 bits per heavy atom. The Kier molecular flexibility index (Phi) is 5.39. The fourth-order valence-corrected chi connectivity index (χ4v) is 3.05. The van der Waals surface area contributed by atoms with E-state index < -0.39 is 10.8 Å². The number of ether oxygens (including phenoxy) is 1. The van der Waals surface area contributed by atoms with Gasteiger partial charge in [-0.15, -0.1) is 0 Å². The summed E-state index contributed by atoms with van der Waals surface area (Å²) in [5.74, 6) is 0.225. The van der Waals surface area contributed by atoms with Crippen molar-refractivity contribution in [3.05, 3.63) is 58.1 Å². The van der Waals surface area contributed by atoms with Gasteiger partial charge in [0.1, 0.15) is 5.75 Å². The van der Waals surface area contributed by atoms with Gasteiger partial charge in [-0.2, -0.15) is 0 Å². The van der Waals surface area contributed by atoms with Crippen molar-refractivity contribution in [3.8, 4) is 5.75 Å². The van der Waals surface area contributed by atoms with E-state index in [9.17, 15) is 9.00 Å². The van der Waals surface area contributed by atoms with Crippen LogP contribution in [0.3, 0.4) is 0 Å². The molecule has 2 aromatic rings. The number of methoxy groups -OCH3 is 1. The second kappa shape index (κ2) is 7.07. The van der Waals surface area contributed by atoms with Crippen molar-refractivity contribution in [2.45, 2.75) is 4.90 Å². The van der Waals surface area contributed by atoms with E-state index in [1.54, 1.807) is 36.4 Å².